The van der Waals surface area contributed by atoms with E-state index < -0.39 is 0 Å². The van der Waals surface area contributed by atoms with E-state index in [2.05, 4.69) is 35.9 Å². The Hall–Kier alpha value is -0.100. The van der Waals surface area contributed by atoms with Crippen LogP contribution in [0.3, 0.4) is 0 Å². The summed E-state index contributed by atoms with van der Waals surface area (Å²) in [5.41, 5.74) is 0. The lowest BCUT2D eigenvalue weighted by atomic mass is 10.4. The molecule has 1 aromatic rings. The second kappa shape index (κ2) is 4.71. The Kier molecular flexibility index (Phi) is 3.85. The Balaban J connectivity index is 2.32. The predicted octanol–water partition coefficient (Wildman–Crippen LogP) is 1.52. The SMILES string of the molecule is Cc1nccn1CCCNI. The summed E-state index contributed by atoms with van der Waals surface area (Å²) in [6.07, 6.45) is 5.01. The van der Waals surface area contributed by atoms with Crippen LogP contribution in [0.4, 0.5) is 0 Å². The molecule has 62 valence electrons. The molecule has 0 atom stereocenters. The molecule has 0 spiro atoms. The number of nitrogens with one attached hydrogen (secondary N) is 1. The highest BCUT2D eigenvalue weighted by Crippen LogP contribution is 1.96. The molecule has 0 aliphatic heterocycles. The molecule has 1 aromatic heterocycles. The summed E-state index contributed by atoms with van der Waals surface area (Å²) in [7, 11) is 0. The van der Waals surface area contributed by atoms with Crippen LogP contribution in [0.25, 0.3) is 0 Å². The largest absolute Gasteiger partial charge is 0.335 e. The van der Waals surface area contributed by atoms with Gasteiger partial charge in [0.05, 0.1) is 0 Å². The fourth-order valence-corrected chi connectivity index (χ4v) is 1.34. The molecule has 0 saturated heterocycles. The van der Waals surface area contributed by atoms with E-state index in [1.807, 2.05) is 19.3 Å². The molecule has 1 rings (SSSR count). The van der Waals surface area contributed by atoms with Gasteiger partial charge in [0.15, 0.2) is 0 Å². The van der Waals surface area contributed by atoms with Crippen molar-refractivity contribution in [3.63, 3.8) is 0 Å². The first-order valence-electron chi connectivity index (χ1n) is 3.66. The van der Waals surface area contributed by atoms with Gasteiger partial charge in [0.1, 0.15) is 5.82 Å². The van der Waals surface area contributed by atoms with Crippen LogP contribution < -0.4 is 3.53 Å². The van der Waals surface area contributed by atoms with Crippen molar-refractivity contribution in [2.24, 2.45) is 0 Å². The quantitative estimate of drug-likeness (QED) is 0.508. The molecule has 0 unspecified atom stereocenters. The van der Waals surface area contributed by atoms with Crippen molar-refractivity contribution in [2.45, 2.75) is 19.9 Å². The molecular weight excluding hydrogens is 253 g/mol. The summed E-state index contributed by atoms with van der Waals surface area (Å²) in [4.78, 5) is 4.14. The number of imidazole rings is 1. The van der Waals surface area contributed by atoms with Crippen LogP contribution in [0, 0.1) is 6.92 Å². The fraction of sp³-hybridized carbons (Fsp3) is 0.571. The lowest BCUT2D eigenvalue weighted by Crippen LogP contribution is -2.06. The molecular formula is C7H12IN3. The van der Waals surface area contributed by atoms with Crippen molar-refractivity contribution in [3.05, 3.63) is 18.2 Å². The third kappa shape index (κ3) is 2.78. The molecule has 0 radical (unpaired) electrons. The van der Waals surface area contributed by atoms with Gasteiger partial charge < -0.3 is 4.57 Å². The molecule has 0 aliphatic rings. The zero-order chi connectivity index (χ0) is 8.10. The number of aromatic nitrogens is 2. The third-order valence-electron chi connectivity index (χ3n) is 1.59. The summed E-state index contributed by atoms with van der Waals surface area (Å²) >= 11 is 2.16. The lowest BCUT2D eigenvalue weighted by Gasteiger charge is -2.02. The molecule has 0 aromatic carbocycles. The molecule has 0 bridgehead atoms. The topological polar surface area (TPSA) is 29.9 Å². The van der Waals surface area contributed by atoms with Crippen LogP contribution in [0.1, 0.15) is 12.2 Å². The smallest absolute Gasteiger partial charge is 0.105 e. The zero-order valence-corrected chi connectivity index (χ0v) is 8.71. The number of hydrogen-bond acceptors (Lipinski definition) is 2. The van der Waals surface area contributed by atoms with E-state index in [4.69, 9.17) is 0 Å². The van der Waals surface area contributed by atoms with Crippen molar-refractivity contribution in [1.82, 2.24) is 13.1 Å². The molecule has 1 N–H and O–H groups in total. The van der Waals surface area contributed by atoms with E-state index in [1.54, 1.807) is 0 Å². The second-order valence-electron chi connectivity index (χ2n) is 2.41. The minimum Gasteiger partial charge on any atom is -0.335 e. The summed E-state index contributed by atoms with van der Waals surface area (Å²) in [6.45, 7) is 4.14. The maximum Gasteiger partial charge on any atom is 0.105 e. The maximum atomic E-state index is 4.14. The normalized spacial score (nSPS) is 10.4. The number of aryl methyl sites for hydroxylation is 2. The van der Waals surface area contributed by atoms with Gasteiger partial charge in [0.2, 0.25) is 0 Å². The van der Waals surface area contributed by atoms with Crippen LogP contribution in [-0.4, -0.2) is 16.1 Å². The Morgan fingerprint density at radius 2 is 2.55 bits per heavy atom. The number of rotatable bonds is 4. The third-order valence-corrected chi connectivity index (χ3v) is 2.13. The molecule has 0 aliphatic carbocycles. The van der Waals surface area contributed by atoms with Gasteiger partial charge in [0.25, 0.3) is 0 Å². The first kappa shape index (κ1) is 8.99. The van der Waals surface area contributed by atoms with Crippen LogP contribution in [0.2, 0.25) is 0 Å². The van der Waals surface area contributed by atoms with Gasteiger partial charge in [-0.3, -0.25) is 3.53 Å². The van der Waals surface area contributed by atoms with Gasteiger partial charge in [-0.2, -0.15) is 0 Å². The van der Waals surface area contributed by atoms with E-state index in [1.165, 1.54) is 0 Å². The first-order valence-corrected chi connectivity index (χ1v) is 4.73. The first-order chi connectivity index (χ1) is 5.34. The minimum atomic E-state index is 1.05. The van der Waals surface area contributed by atoms with E-state index in [0.29, 0.717) is 0 Å². The van der Waals surface area contributed by atoms with Gasteiger partial charge in [-0.25, -0.2) is 4.98 Å². The van der Waals surface area contributed by atoms with Crippen molar-refractivity contribution in [2.75, 3.05) is 6.54 Å². The molecule has 0 saturated carbocycles. The van der Waals surface area contributed by atoms with Crippen LogP contribution in [0.5, 0.6) is 0 Å². The minimum absolute atomic E-state index is 1.05. The Morgan fingerprint density at radius 3 is 3.09 bits per heavy atom. The highest BCUT2D eigenvalue weighted by Gasteiger charge is 1.94. The van der Waals surface area contributed by atoms with E-state index >= 15 is 0 Å². The average molecular weight is 265 g/mol. The second-order valence-corrected chi connectivity index (χ2v) is 3.17. The van der Waals surface area contributed by atoms with Crippen molar-refractivity contribution < 1.29 is 0 Å². The number of nitrogens with zero attached hydrogens (tertiary/aromatic N) is 2. The highest BCUT2D eigenvalue weighted by atomic mass is 127. The highest BCUT2D eigenvalue weighted by molar-refractivity contribution is 14.1. The van der Waals surface area contributed by atoms with Crippen LogP contribution >= 0.6 is 22.9 Å². The monoisotopic (exact) mass is 265 g/mol. The Bertz CT molecular complexity index is 209. The van der Waals surface area contributed by atoms with Crippen molar-refractivity contribution in [1.29, 1.82) is 0 Å². The van der Waals surface area contributed by atoms with Crippen molar-refractivity contribution >= 4 is 22.9 Å². The van der Waals surface area contributed by atoms with E-state index in [9.17, 15) is 0 Å². The maximum absolute atomic E-state index is 4.14. The summed E-state index contributed by atoms with van der Waals surface area (Å²) < 4.78 is 5.25. The Morgan fingerprint density at radius 1 is 1.73 bits per heavy atom. The predicted molar refractivity (Wildman–Crippen MR) is 53.6 cm³/mol. The number of halogens is 1. The van der Waals surface area contributed by atoms with Gasteiger partial charge >= 0.3 is 0 Å². The van der Waals surface area contributed by atoms with E-state index in [-0.39, 0.29) is 0 Å². The van der Waals surface area contributed by atoms with Crippen LogP contribution in [-0.2, 0) is 6.54 Å². The standard InChI is InChI=1S/C7H12IN3/c1-7-9-4-6-11(7)5-2-3-10-8/h4,6,10H,2-3,5H2,1H3. The summed E-state index contributed by atoms with van der Waals surface area (Å²) in [6, 6.07) is 0. The fourth-order valence-electron chi connectivity index (χ4n) is 0.956. The van der Waals surface area contributed by atoms with E-state index in [0.717, 1.165) is 25.3 Å². The lowest BCUT2D eigenvalue weighted by molar-refractivity contribution is 0.627. The number of hydrogen-bond donors (Lipinski definition) is 1. The summed E-state index contributed by atoms with van der Waals surface area (Å²) in [5.74, 6) is 1.10. The van der Waals surface area contributed by atoms with Crippen molar-refractivity contribution in [3.8, 4) is 0 Å². The van der Waals surface area contributed by atoms with Gasteiger partial charge in [-0.05, 0) is 13.3 Å². The average Bonchev–Trinajstić information content (AvgIpc) is 2.37. The summed E-state index contributed by atoms with van der Waals surface area (Å²) in [5, 5.41) is 0. The van der Waals surface area contributed by atoms with Gasteiger partial charge in [-0.1, -0.05) is 0 Å². The molecule has 11 heavy (non-hydrogen) atoms. The zero-order valence-electron chi connectivity index (χ0n) is 6.55. The Labute approximate surface area is 80.7 Å². The molecule has 0 amide bonds. The van der Waals surface area contributed by atoms with Gasteiger partial charge in [0, 0.05) is 48.3 Å². The molecule has 0 fully saturated rings. The molecule has 4 heteroatoms. The van der Waals surface area contributed by atoms with Crippen LogP contribution in [0.15, 0.2) is 12.4 Å². The van der Waals surface area contributed by atoms with Gasteiger partial charge in [-0.15, -0.1) is 0 Å². The molecule has 3 nitrogen and oxygen atoms in total. The molecule has 1 heterocycles.